The highest BCUT2D eigenvalue weighted by atomic mass is 79.9. The summed E-state index contributed by atoms with van der Waals surface area (Å²) in [4.78, 5) is 20.7. The fourth-order valence-corrected chi connectivity index (χ4v) is 1.77. The van der Waals surface area contributed by atoms with Crippen LogP contribution in [0.5, 0.6) is 0 Å². The number of hydrogen-bond donors (Lipinski definition) is 2. The molecule has 15 heavy (non-hydrogen) atoms. The Morgan fingerprint density at radius 2 is 2.40 bits per heavy atom. The van der Waals surface area contributed by atoms with Crippen molar-refractivity contribution in [2.24, 2.45) is 0 Å². The molecule has 0 bridgehead atoms. The second-order valence-corrected chi connectivity index (χ2v) is 4.08. The number of halogens is 1. The summed E-state index contributed by atoms with van der Waals surface area (Å²) in [7, 11) is 0. The molecule has 0 aromatic carbocycles. The molecule has 6 nitrogen and oxygen atoms in total. The third kappa shape index (κ3) is 1.93. The Hall–Kier alpha value is -1.21. The Morgan fingerprint density at radius 3 is 2.93 bits per heavy atom. The predicted octanol–water partition coefficient (Wildman–Crippen LogP) is -0.0811. The minimum absolute atomic E-state index is 0.108. The van der Waals surface area contributed by atoms with Gasteiger partial charge in [0.1, 0.15) is 4.60 Å². The zero-order chi connectivity index (χ0) is 11.0. The van der Waals surface area contributed by atoms with Crippen LogP contribution in [0.3, 0.4) is 0 Å². The third-order valence-corrected chi connectivity index (χ3v) is 2.49. The quantitative estimate of drug-likeness (QED) is 0.746. The SMILES string of the molecule is Nc1nc(Br)cnc1N1CC(O)CC1=O. The second-order valence-electron chi connectivity index (χ2n) is 3.26. The van der Waals surface area contributed by atoms with Crippen molar-refractivity contribution >= 4 is 33.5 Å². The molecule has 1 aliphatic rings. The number of carbonyl (C=O) groups excluding carboxylic acids is 1. The fourth-order valence-electron chi connectivity index (χ4n) is 1.48. The Bertz CT molecular complexity index is 412. The lowest BCUT2D eigenvalue weighted by atomic mass is 10.3. The standard InChI is InChI=1S/C8H9BrN4O2/c9-5-2-11-8(7(10)12-5)13-3-4(14)1-6(13)15/h2,4,14H,1,3H2,(H2,10,12). The molecule has 1 aromatic heterocycles. The van der Waals surface area contributed by atoms with Gasteiger partial charge in [-0.2, -0.15) is 0 Å². The van der Waals surface area contributed by atoms with E-state index in [0.717, 1.165) is 0 Å². The van der Waals surface area contributed by atoms with E-state index in [1.54, 1.807) is 0 Å². The molecular formula is C8H9BrN4O2. The molecule has 0 saturated carbocycles. The number of nitrogen functional groups attached to an aromatic ring is 1. The number of aromatic nitrogens is 2. The van der Waals surface area contributed by atoms with E-state index in [1.807, 2.05) is 0 Å². The number of amides is 1. The Balaban J connectivity index is 2.34. The number of anilines is 2. The van der Waals surface area contributed by atoms with Gasteiger partial charge in [0.2, 0.25) is 5.91 Å². The van der Waals surface area contributed by atoms with Gasteiger partial charge < -0.3 is 10.8 Å². The van der Waals surface area contributed by atoms with Crippen molar-refractivity contribution in [3.8, 4) is 0 Å². The topological polar surface area (TPSA) is 92.3 Å². The summed E-state index contributed by atoms with van der Waals surface area (Å²) < 4.78 is 0.510. The maximum absolute atomic E-state index is 11.5. The summed E-state index contributed by atoms with van der Waals surface area (Å²) >= 11 is 3.13. The second kappa shape index (κ2) is 3.74. The van der Waals surface area contributed by atoms with Crippen LogP contribution in [-0.2, 0) is 4.79 Å². The summed E-state index contributed by atoms with van der Waals surface area (Å²) in [5.74, 6) is 0.289. The molecule has 1 unspecified atom stereocenters. The van der Waals surface area contributed by atoms with Gasteiger partial charge in [-0.1, -0.05) is 0 Å². The van der Waals surface area contributed by atoms with Gasteiger partial charge in [0.05, 0.1) is 25.3 Å². The number of nitrogens with zero attached hydrogens (tertiary/aromatic N) is 3. The van der Waals surface area contributed by atoms with Gasteiger partial charge in [-0.3, -0.25) is 9.69 Å². The number of aliphatic hydroxyl groups excluding tert-OH is 1. The molecule has 1 saturated heterocycles. The minimum Gasteiger partial charge on any atom is -0.391 e. The monoisotopic (exact) mass is 272 g/mol. The molecule has 1 aliphatic heterocycles. The molecule has 1 amide bonds. The summed E-state index contributed by atoms with van der Waals surface area (Å²) in [5, 5.41) is 9.32. The van der Waals surface area contributed by atoms with E-state index in [2.05, 4.69) is 25.9 Å². The van der Waals surface area contributed by atoms with Crippen molar-refractivity contribution in [3.05, 3.63) is 10.8 Å². The van der Waals surface area contributed by atoms with E-state index in [4.69, 9.17) is 5.73 Å². The first kappa shape index (κ1) is 10.3. The molecule has 7 heteroatoms. The highest BCUT2D eigenvalue weighted by Crippen LogP contribution is 2.24. The van der Waals surface area contributed by atoms with Crippen LogP contribution >= 0.6 is 15.9 Å². The fraction of sp³-hybridized carbons (Fsp3) is 0.375. The van der Waals surface area contributed by atoms with Crippen LogP contribution in [0.1, 0.15) is 6.42 Å². The maximum atomic E-state index is 11.5. The summed E-state index contributed by atoms with van der Waals surface area (Å²) in [6.45, 7) is 0.222. The molecule has 3 N–H and O–H groups in total. The lowest BCUT2D eigenvalue weighted by molar-refractivity contribution is -0.117. The van der Waals surface area contributed by atoms with Crippen LogP contribution in [0.25, 0.3) is 0 Å². The molecule has 2 rings (SSSR count). The number of carbonyl (C=O) groups is 1. The van der Waals surface area contributed by atoms with Crippen LogP contribution in [0.4, 0.5) is 11.6 Å². The molecule has 1 atom stereocenters. The van der Waals surface area contributed by atoms with Crippen molar-refractivity contribution in [2.45, 2.75) is 12.5 Å². The number of rotatable bonds is 1. The van der Waals surface area contributed by atoms with E-state index < -0.39 is 6.10 Å². The Labute approximate surface area is 94.2 Å². The molecule has 0 radical (unpaired) electrons. The van der Waals surface area contributed by atoms with Gasteiger partial charge in [-0.15, -0.1) is 0 Å². The van der Waals surface area contributed by atoms with Crippen molar-refractivity contribution < 1.29 is 9.90 Å². The maximum Gasteiger partial charge on any atom is 0.231 e. The van der Waals surface area contributed by atoms with Gasteiger partial charge in [-0.25, -0.2) is 9.97 Å². The van der Waals surface area contributed by atoms with Crippen LogP contribution in [0.15, 0.2) is 10.8 Å². The van der Waals surface area contributed by atoms with Crippen molar-refractivity contribution in [1.82, 2.24) is 9.97 Å². The van der Waals surface area contributed by atoms with Gasteiger partial charge in [0.25, 0.3) is 0 Å². The van der Waals surface area contributed by atoms with E-state index in [0.29, 0.717) is 10.4 Å². The number of nitrogens with two attached hydrogens (primary N) is 1. The highest BCUT2D eigenvalue weighted by Gasteiger charge is 2.31. The summed E-state index contributed by atoms with van der Waals surface area (Å²) in [6.07, 6.45) is 0.920. The third-order valence-electron chi connectivity index (χ3n) is 2.11. The van der Waals surface area contributed by atoms with Crippen LogP contribution in [0, 0.1) is 0 Å². The molecular weight excluding hydrogens is 264 g/mol. The van der Waals surface area contributed by atoms with Crippen LogP contribution in [-0.4, -0.2) is 33.6 Å². The molecule has 0 aliphatic carbocycles. The number of hydrogen-bond acceptors (Lipinski definition) is 5. The van der Waals surface area contributed by atoms with Gasteiger partial charge in [0, 0.05) is 0 Å². The normalized spacial score (nSPS) is 21.1. The van der Waals surface area contributed by atoms with Crippen LogP contribution in [0.2, 0.25) is 0 Å². The van der Waals surface area contributed by atoms with Crippen molar-refractivity contribution in [2.75, 3.05) is 17.2 Å². The van der Waals surface area contributed by atoms with E-state index in [9.17, 15) is 9.90 Å². The summed E-state index contributed by atoms with van der Waals surface area (Å²) in [6, 6.07) is 0. The van der Waals surface area contributed by atoms with E-state index in [-0.39, 0.29) is 24.7 Å². The Morgan fingerprint density at radius 1 is 1.67 bits per heavy atom. The Kier molecular flexibility index (Phi) is 2.57. The molecule has 1 fully saturated rings. The zero-order valence-electron chi connectivity index (χ0n) is 7.72. The highest BCUT2D eigenvalue weighted by molar-refractivity contribution is 9.10. The van der Waals surface area contributed by atoms with Gasteiger partial charge in [-0.05, 0) is 15.9 Å². The largest absolute Gasteiger partial charge is 0.391 e. The van der Waals surface area contributed by atoms with E-state index >= 15 is 0 Å². The molecule has 0 spiro atoms. The summed E-state index contributed by atoms with van der Waals surface area (Å²) in [5.41, 5.74) is 5.63. The minimum atomic E-state index is -0.651. The zero-order valence-corrected chi connectivity index (χ0v) is 9.31. The van der Waals surface area contributed by atoms with Gasteiger partial charge in [0.15, 0.2) is 11.6 Å². The van der Waals surface area contributed by atoms with Crippen LogP contribution < -0.4 is 10.6 Å². The predicted molar refractivity (Wildman–Crippen MR) is 57.1 cm³/mol. The average molecular weight is 273 g/mol. The number of β-amino-alcohol motifs (C(OH)–C–C–N with tert-alkyl or cyclic N) is 1. The first-order valence-corrected chi connectivity index (χ1v) is 5.13. The average Bonchev–Trinajstić information content (AvgIpc) is 2.45. The van der Waals surface area contributed by atoms with Gasteiger partial charge >= 0.3 is 0 Å². The molecule has 2 heterocycles. The molecule has 80 valence electrons. The lowest BCUT2D eigenvalue weighted by Gasteiger charge is -2.15. The van der Waals surface area contributed by atoms with Crippen molar-refractivity contribution in [3.63, 3.8) is 0 Å². The molecule has 1 aromatic rings. The van der Waals surface area contributed by atoms with Crippen molar-refractivity contribution in [1.29, 1.82) is 0 Å². The lowest BCUT2D eigenvalue weighted by Crippen LogP contribution is -2.27. The number of aliphatic hydroxyl groups is 1. The smallest absolute Gasteiger partial charge is 0.231 e. The first-order valence-electron chi connectivity index (χ1n) is 4.34. The van der Waals surface area contributed by atoms with E-state index in [1.165, 1.54) is 11.1 Å². The first-order chi connectivity index (χ1) is 7.08.